The lowest BCUT2D eigenvalue weighted by Crippen LogP contribution is -2.32. The minimum absolute atomic E-state index is 0. The number of hydrogen-bond donors (Lipinski definition) is 1. The topological polar surface area (TPSA) is 62.3 Å². The first-order valence-corrected chi connectivity index (χ1v) is 6.15. The van der Waals surface area contributed by atoms with Crippen LogP contribution >= 0.6 is 24.8 Å². The van der Waals surface area contributed by atoms with E-state index < -0.39 is 5.41 Å². The van der Waals surface area contributed by atoms with E-state index in [1.54, 1.807) is 0 Å². The number of ether oxygens (including phenoxy) is 1. The third-order valence-electron chi connectivity index (χ3n) is 3.62. The Balaban J connectivity index is 0.00000180. The maximum atomic E-state index is 9.51. The Morgan fingerprint density at radius 2 is 1.85 bits per heavy atom. The molecule has 0 atom stereocenters. The van der Waals surface area contributed by atoms with Gasteiger partial charge in [0.25, 0.3) is 0 Å². The van der Waals surface area contributed by atoms with E-state index in [-0.39, 0.29) is 24.8 Å². The van der Waals surface area contributed by atoms with E-state index in [2.05, 4.69) is 6.07 Å². The van der Waals surface area contributed by atoms with Gasteiger partial charge in [-0.15, -0.1) is 24.8 Å². The van der Waals surface area contributed by atoms with Crippen LogP contribution in [0.2, 0.25) is 0 Å². The van der Waals surface area contributed by atoms with Gasteiger partial charge in [-0.1, -0.05) is 6.07 Å². The van der Waals surface area contributed by atoms with Crippen LogP contribution in [0.15, 0.2) is 18.2 Å². The summed E-state index contributed by atoms with van der Waals surface area (Å²) >= 11 is 0. The molecule has 1 fully saturated rings. The molecule has 112 valence electrons. The molecule has 0 bridgehead atoms. The summed E-state index contributed by atoms with van der Waals surface area (Å²) in [6.45, 7) is 1.28. The first-order chi connectivity index (χ1) is 8.59. The van der Waals surface area contributed by atoms with Gasteiger partial charge in [0, 0.05) is 27.3 Å². The Morgan fingerprint density at radius 1 is 1.25 bits per heavy atom. The summed E-state index contributed by atoms with van der Waals surface area (Å²) in [6, 6.07) is 8.39. The Morgan fingerprint density at radius 3 is 2.30 bits per heavy atom. The highest BCUT2D eigenvalue weighted by Crippen LogP contribution is 2.36. The van der Waals surface area contributed by atoms with E-state index in [4.69, 9.17) is 10.5 Å². The molecule has 2 N–H and O–H groups in total. The first kappa shape index (κ1) is 18.9. The average molecular weight is 318 g/mol. The summed E-state index contributed by atoms with van der Waals surface area (Å²) in [5.41, 5.74) is 8.34. The summed E-state index contributed by atoms with van der Waals surface area (Å²) in [5.74, 6) is 0. The highest BCUT2D eigenvalue weighted by molar-refractivity contribution is 5.85. The number of hydrogen-bond acceptors (Lipinski definition) is 4. The molecular weight excluding hydrogens is 297 g/mol. The molecular formula is C14H21Cl2N3O. The molecule has 1 heterocycles. The van der Waals surface area contributed by atoms with Crippen molar-refractivity contribution in [3.63, 3.8) is 0 Å². The normalized spacial score (nSPS) is 16.2. The SMILES string of the molecule is CN(C)c1ccc(C2(C#N)CCOCC2)cc1N.Cl.Cl. The van der Waals surface area contributed by atoms with Crippen LogP contribution in [0.3, 0.4) is 0 Å². The van der Waals surface area contributed by atoms with Gasteiger partial charge in [0.05, 0.1) is 22.9 Å². The van der Waals surface area contributed by atoms with Gasteiger partial charge < -0.3 is 15.4 Å². The first-order valence-electron chi connectivity index (χ1n) is 6.15. The van der Waals surface area contributed by atoms with Crippen molar-refractivity contribution in [2.75, 3.05) is 37.9 Å². The maximum absolute atomic E-state index is 9.51. The number of benzene rings is 1. The lowest BCUT2D eigenvalue weighted by molar-refractivity contribution is 0.0675. The molecule has 0 saturated carbocycles. The second-order valence-electron chi connectivity index (χ2n) is 4.97. The summed E-state index contributed by atoms with van der Waals surface area (Å²) < 4.78 is 5.35. The van der Waals surface area contributed by atoms with Crippen LogP contribution < -0.4 is 10.6 Å². The monoisotopic (exact) mass is 317 g/mol. The zero-order valence-corrected chi connectivity index (χ0v) is 13.4. The van der Waals surface area contributed by atoms with Crippen LogP contribution in [0.1, 0.15) is 18.4 Å². The molecule has 1 aliphatic heterocycles. The van der Waals surface area contributed by atoms with Gasteiger partial charge in [0.1, 0.15) is 0 Å². The standard InChI is InChI=1S/C14H19N3O.2ClH/c1-17(2)13-4-3-11(9-12(13)16)14(10-15)5-7-18-8-6-14;;/h3-4,9H,5-8,16H2,1-2H3;2*1H. The molecule has 0 aromatic heterocycles. The predicted octanol–water partition coefficient (Wildman–Crippen LogP) is 2.75. The number of anilines is 2. The van der Waals surface area contributed by atoms with Crippen molar-refractivity contribution in [2.45, 2.75) is 18.3 Å². The van der Waals surface area contributed by atoms with Crippen molar-refractivity contribution in [2.24, 2.45) is 0 Å². The Labute approximate surface area is 132 Å². The van der Waals surface area contributed by atoms with Crippen LogP contribution in [0.5, 0.6) is 0 Å². The van der Waals surface area contributed by atoms with Gasteiger partial charge in [0.2, 0.25) is 0 Å². The number of nitriles is 1. The fraction of sp³-hybridized carbons (Fsp3) is 0.500. The van der Waals surface area contributed by atoms with Gasteiger partial charge in [-0.3, -0.25) is 0 Å². The van der Waals surface area contributed by atoms with E-state index in [1.807, 2.05) is 37.2 Å². The zero-order valence-electron chi connectivity index (χ0n) is 11.8. The maximum Gasteiger partial charge on any atom is 0.0866 e. The molecule has 1 saturated heterocycles. The minimum Gasteiger partial charge on any atom is -0.397 e. The number of rotatable bonds is 2. The van der Waals surface area contributed by atoms with Crippen molar-refractivity contribution >= 4 is 36.2 Å². The molecule has 0 unspecified atom stereocenters. The largest absolute Gasteiger partial charge is 0.397 e. The number of halogens is 2. The molecule has 4 nitrogen and oxygen atoms in total. The van der Waals surface area contributed by atoms with Gasteiger partial charge in [-0.05, 0) is 30.5 Å². The van der Waals surface area contributed by atoms with Crippen LogP contribution in [-0.2, 0) is 10.2 Å². The third-order valence-corrected chi connectivity index (χ3v) is 3.62. The number of nitrogens with two attached hydrogens (primary N) is 1. The smallest absolute Gasteiger partial charge is 0.0866 e. The van der Waals surface area contributed by atoms with Crippen molar-refractivity contribution in [1.29, 1.82) is 5.26 Å². The van der Waals surface area contributed by atoms with Crippen LogP contribution in [0.4, 0.5) is 11.4 Å². The summed E-state index contributed by atoms with van der Waals surface area (Å²) in [5, 5.41) is 9.51. The molecule has 0 spiro atoms. The minimum atomic E-state index is -0.433. The lowest BCUT2D eigenvalue weighted by Gasteiger charge is -2.31. The highest BCUT2D eigenvalue weighted by atomic mass is 35.5. The number of nitrogens with zero attached hydrogens (tertiary/aromatic N) is 2. The predicted molar refractivity (Wildman–Crippen MR) is 87.0 cm³/mol. The Hall–Kier alpha value is -1.15. The van der Waals surface area contributed by atoms with Gasteiger partial charge >= 0.3 is 0 Å². The van der Waals surface area contributed by atoms with E-state index in [0.29, 0.717) is 13.2 Å². The molecule has 6 heteroatoms. The van der Waals surface area contributed by atoms with Gasteiger partial charge in [-0.25, -0.2) is 0 Å². The number of nitrogen functional groups attached to an aromatic ring is 1. The molecule has 1 aromatic carbocycles. The van der Waals surface area contributed by atoms with Crippen molar-refractivity contribution in [3.05, 3.63) is 23.8 Å². The summed E-state index contributed by atoms with van der Waals surface area (Å²) in [4.78, 5) is 1.97. The van der Waals surface area contributed by atoms with Crippen LogP contribution in [0, 0.1) is 11.3 Å². The molecule has 20 heavy (non-hydrogen) atoms. The fourth-order valence-electron chi connectivity index (χ4n) is 2.44. The average Bonchev–Trinajstić information content (AvgIpc) is 2.39. The molecule has 0 radical (unpaired) electrons. The lowest BCUT2D eigenvalue weighted by atomic mass is 9.75. The Kier molecular flexibility index (Phi) is 7.15. The molecule has 1 aliphatic rings. The van der Waals surface area contributed by atoms with Crippen LogP contribution in [-0.4, -0.2) is 27.3 Å². The Bertz CT molecular complexity index is 480. The quantitative estimate of drug-likeness (QED) is 0.852. The highest BCUT2D eigenvalue weighted by Gasteiger charge is 2.34. The van der Waals surface area contributed by atoms with E-state index in [0.717, 1.165) is 29.8 Å². The molecule has 1 aromatic rings. The van der Waals surface area contributed by atoms with Crippen LogP contribution in [0.25, 0.3) is 0 Å². The van der Waals surface area contributed by atoms with E-state index >= 15 is 0 Å². The fourth-order valence-corrected chi connectivity index (χ4v) is 2.44. The van der Waals surface area contributed by atoms with Gasteiger partial charge in [-0.2, -0.15) is 5.26 Å². The van der Waals surface area contributed by atoms with Crippen molar-refractivity contribution in [1.82, 2.24) is 0 Å². The third kappa shape index (κ3) is 3.49. The summed E-state index contributed by atoms with van der Waals surface area (Å²) in [6.07, 6.45) is 1.48. The van der Waals surface area contributed by atoms with E-state index in [9.17, 15) is 5.26 Å². The molecule has 0 aliphatic carbocycles. The van der Waals surface area contributed by atoms with Crippen molar-refractivity contribution < 1.29 is 4.74 Å². The van der Waals surface area contributed by atoms with E-state index in [1.165, 1.54) is 0 Å². The molecule has 0 amide bonds. The molecule has 2 rings (SSSR count). The second-order valence-corrected chi connectivity index (χ2v) is 4.97. The van der Waals surface area contributed by atoms with Crippen molar-refractivity contribution in [3.8, 4) is 6.07 Å². The zero-order chi connectivity index (χ0) is 13.2. The van der Waals surface area contributed by atoms with Gasteiger partial charge in [0.15, 0.2) is 0 Å². The second kappa shape index (κ2) is 7.58. The summed E-state index contributed by atoms with van der Waals surface area (Å²) in [7, 11) is 3.92.